The zero-order valence-electron chi connectivity index (χ0n) is 11.6. The standard InChI is InChI=1S/C14H22O4/c1-11(15-2)18-9-5-6-12-7-8-13(16-3)10-14(12)17-4/h7-8,10-11H,5-6,9H2,1-4H3. The molecular weight excluding hydrogens is 232 g/mol. The van der Waals surface area contributed by atoms with Crippen LogP contribution in [0.5, 0.6) is 11.5 Å². The maximum Gasteiger partial charge on any atom is 0.154 e. The highest BCUT2D eigenvalue weighted by molar-refractivity contribution is 5.40. The van der Waals surface area contributed by atoms with Crippen LogP contribution in [0.25, 0.3) is 0 Å². The second-order valence-electron chi connectivity index (χ2n) is 3.96. The van der Waals surface area contributed by atoms with Gasteiger partial charge in [0, 0.05) is 13.2 Å². The molecule has 4 nitrogen and oxygen atoms in total. The van der Waals surface area contributed by atoms with E-state index in [0.29, 0.717) is 6.61 Å². The minimum absolute atomic E-state index is 0.150. The minimum atomic E-state index is -0.150. The second kappa shape index (κ2) is 7.95. The summed E-state index contributed by atoms with van der Waals surface area (Å²) in [6.45, 7) is 2.55. The zero-order valence-corrected chi connectivity index (χ0v) is 11.6. The van der Waals surface area contributed by atoms with Crippen molar-refractivity contribution in [2.75, 3.05) is 27.9 Å². The molecule has 0 spiro atoms. The molecule has 0 radical (unpaired) electrons. The Morgan fingerprint density at radius 2 is 1.89 bits per heavy atom. The molecule has 0 N–H and O–H groups in total. The zero-order chi connectivity index (χ0) is 13.4. The van der Waals surface area contributed by atoms with Crippen LogP contribution in [0.4, 0.5) is 0 Å². The first-order chi connectivity index (χ1) is 8.71. The van der Waals surface area contributed by atoms with Gasteiger partial charge in [0.1, 0.15) is 11.5 Å². The van der Waals surface area contributed by atoms with E-state index < -0.39 is 0 Å². The molecular formula is C14H22O4. The summed E-state index contributed by atoms with van der Waals surface area (Å²) in [4.78, 5) is 0. The highest BCUT2D eigenvalue weighted by Gasteiger charge is 2.05. The third-order valence-electron chi connectivity index (χ3n) is 2.77. The van der Waals surface area contributed by atoms with E-state index in [4.69, 9.17) is 18.9 Å². The third-order valence-corrected chi connectivity index (χ3v) is 2.77. The lowest BCUT2D eigenvalue weighted by molar-refractivity contribution is -0.111. The van der Waals surface area contributed by atoms with E-state index in [-0.39, 0.29) is 6.29 Å². The molecule has 0 aliphatic carbocycles. The van der Waals surface area contributed by atoms with Crippen LogP contribution in [0.15, 0.2) is 18.2 Å². The van der Waals surface area contributed by atoms with Gasteiger partial charge in [-0.05, 0) is 31.4 Å². The summed E-state index contributed by atoms with van der Waals surface area (Å²) in [5.74, 6) is 1.66. The molecule has 0 amide bonds. The molecule has 0 fully saturated rings. The van der Waals surface area contributed by atoms with Gasteiger partial charge in [0.05, 0.1) is 20.8 Å². The van der Waals surface area contributed by atoms with Gasteiger partial charge < -0.3 is 18.9 Å². The number of aryl methyl sites for hydroxylation is 1. The fraction of sp³-hybridized carbons (Fsp3) is 0.571. The molecule has 4 heteroatoms. The van der Waals surface area contributed by atoms with E-state index in [1.807, 2.05) is 25.1 Å². The van der Waals surface area contributed by atoms with Gasteiger partial charge in [-0.15, -0.1) is 0 Å². The van der Waals surface area contributed by atoms with Crippen molar-refractivity contribution in [2.24, 2.45) is 0 Å². The Labute approximate surface area is 109 Å². The van der Waals surface area contributed by atoms with Gasteiger partial charge >= 0.3 is 0 Å². The molecule has 1 atom stereocenters. The van der Waals surface area contributed by atoms with Crippen molar-refractivity contribution in [2.45, 2.75) is 26.1 Å². The summed E-state index contributed by atoms with van der Waals surface area (Å²) in [5.41, 5.74) is 1.16. The predicted octanol–water partition coefficient (Wildman–Crippen LogP) is 2.65. The molecule has 1 rings (SSSR count). The summed E-state index contributed by atoms with van der Waals surface area (Å²) < 4.78 is 21.0. The molecule has 18 heavy (non-hydrogen) atoms. The van der Waals surface area contributed by atoms with E-state index >= 15 is 0 Å². The smallest absolute Gasteiger partial charge is 0.154 e. The summed E-state index contributed by atoms with van der Waals surface area (Å²) >= 11 is 0. The van der Waals surface area contributed by atoms with E-state index in [2.05, 4.69) is 0 Å². The van der Waals surface area contributed by atoms with Gasteiger partial charge in [0.15, 0.2) is 6.29 Å². The van der Waals surface area contributed by atoms with Crippen molar-refractivity contribution < 1.29 is 18.9 Å². The molecule has 0 bridgehead atoms. The van der Waals surface area contributed by atoms with E-state index in [1.54, 1.807) is 21.3 Å². The fourth-order valence-corrected chi connectivity index (χ4v) is 1.64. The lowest BCUT2D eigenvalue weighted by Crippen LogP contribution is -2.11. The third kappa shape index (κ3) is 4.55. The average Bonchev–Trinajstić information content (AvgIpc) is 2.43. The molecule has 0 saturated heterocycles. The topological polar surface area (TPSA) is 36.9 Å². The predicted molar refractivity (Wildman–Crippen MR) is 70.3 cm³/mol. The van der Waals surface area contributed by atoms with E-state index in [1.165, 1.54) is 0 Å². The number of hydrogen-bond acceptors (Lipinski definition) is 4. The molecule has 0 saturated carbocycles. The summed E-state index contributed by atoms with van der Waals surface area (Å²) in [6.07, 6.45) is 1.68. The number of benzene rings is 1. The fourth-order valence-electron chi connectivity index (χ4n) is 1.64. The second-order valence-corrected chi connectivity index (χ2v) is 3.96. The quantitative estimate of drug-likeness (QED) is 0.528. The van der Waals surface area contributed by atoms with Gasteiger partial charge in [-0.1, -0.05) is 6.07 Å². The van der Waals surface area contributed by atoms with Gasteiger partial charge in [0.25, 0.3) is 0 Å². The lowest BCUT2D eigenvalue weighted by atomic mass is 10.1. The Hall–Kier alpha value is -1.26. The largest absolute Gasteiger partial charge is 0.497 e. The summed E-state index contributed by atoms with van der Waals surface area (Å²) in [7, 11) is 4.95. The Balaban J connectivity index is 2.46. The lowest BCUT2D eigenvalue weighted by Gasteiger charge is -2.12. The molecule has 1 aromatic rings. The van der Waals surface area contributed by atoms with Gasteiger partial charge in [-0.3, -0.25) is 0 Å². The maximum absolute atomic E-state index is 5.44. The maximum atomic E-state index is 5.44. The minimum Gasteiger partial charge on any atom is -0.497 e. The normalized spacial score (nSPS) is 12.2. The van der Waals surface area contributed by atoms with Crippen molar-refractivity contribution in [3.63, 3.8) is 0 Å². The number of hydrogen-bond donors (Lipinski definition) is 0. The number of ether oxygens (including phenoxy) is 4. The number of methoxy groups -OCH3 is 3. The Morgan fingerprint density at radius 3 is 2.50 bits per heavy atom. The first-order valence-electron chi connectivity index (χ1n) is 6.06. The van der Waals surface area contributed by atoms with Crippen molar-refractivity contribution in [3.8, 4) is 11.5 Å². The first-order valence-corrected chi connectivity index (χ1v) is 6.06. The SMILES string of the molecule is COc1ccc(CCCOC(C)OC)c(OC)c1. The van der Waals surface area contributed by atoms with Crippen LogP contribution in [0.2, 0.25) is 0 Å². The van der Waals surface area contributed by atoms with Gasteiger partial charge in [-0.25, -0.2) is 0 Å². The monoisotopic (exact) mass is 254 g/mol. The van der Waals surface area contributed by atoms with Crippen molar-refractivity contribution in [1.82, 2.24) is 0 Å². The van der Waals surface area contributed by atoms with Crippen LogP contribution in [0.3, 0.4) is 0 Å². The highest BCUT2D eigenvalue weighted by Crippen LogP contribution is 2.25. The van der Waals surface area contributed by atoms with Gasteiger partial charge in [-0.2, -0.15) is 0 Å². The van der Waals surface area contributed by atoms with Crippen LogP contribution in [0.1, 0.15) is 18.9 Å². The molecule has 0 aliphatic heterocycles. The molecule has 102 valence electrons. The van der Waals surface area contributed by atoms with Crippen LogP contribution < -0.4 is 9.47 Å². The summed E-state index contributed by atoms with van der Waals surface area (Å²) in [5, 5.41) is 0. The summed E-state index contributed by atoms with van der Waals surface area (Å²) in [6, 6.07) is 5.86. The van der Waals surface area contributed by atoms with Crippen molar-refractivity contribution in [3.05, 3.63) is 23.8 Å². The van der Waals surface area contributed by atoms with Crippen LogP contribution >= 0.6 is 0 Å². The van der Waals surface area contributed by atoms with E-state index in [0.717, 1.165) is 29.9 Å². The molecule has 0 aliphatic rings. The highest BCUT2D eigenvalue weighted by atomic mass is 16.7. The van der Waals surface area contributed by atoms with Crippen LogP contribution in [0, 0.1) is 0 Å². The number of rotatable bonds is 8. The Morgan fingerprint density at radius 1 is 1.11 bits per heavy atom. The van der Waals surface area contributed by atoms with Crippen molar-refractivity contribution in [1.29, 1.82) is 0 Å². The Kier molecular flexibility index (Phi) is 6.54. The molecule has 0 heterocycles. The van der Waals surface area contributed by atoms with Crippen LogP contribution in [-0.2, 0) is 15.9 Å². The average molecular weight is 254 g/mol. The first kappa shape index (κ1) is 14.8. The molecule has 1 aromatic carbocycles. The molecule has 1 unspecified atom stereocenters. The van der Waals surface area contributed by atoms with E-state index in [9.17, 15) is 0 Å². The van der Waals surface area contributed by atoms with Crippen LogP contribution in [-0.4, -0.2) is 34.2 Å². The Bertz CT molecular complexity index is 352. The molecule has 0 aromatic heterocycles. The van der Waals surface area contributed by atoms with Crippen molar-refractivity contribution >= 4 is 0 Å². The van der Waals surface area contributed by atoms with Gasteiger partial charge in [0.2, 0.25) is 0 Å².